The number of amides is 1. The number of aromatic nitrogens is 3. The number of hydrogen-bond acceptors (Lipinski definition) is 5. The molecule has 0 radical (unpaired) electrons. The van der Waals surface area contributed by atoms with Crippen LogP contribution in [0.1, 0.15) is 17.3 Å². The second-order valence-corrected chi connectivity index (χ2v) is 4.82. The fraction of sp³-hybridized carbons (Fsp3) is 0.133. The van der Waals surface area contributed by atoms with Gasteiger partial charge in [-0.15, -0.1) is 4.91 Å². The van der Waals surface area contributed by atoms with Gasteiger partial charge in [-0.25, -0.2) is 4.98 Å². The molecule has 8 nitrogen and oxygen atoms in total. The molecule has 1 amide bonds. The predicted octanol–water partition coefficient (Wildman–Crippen LogP) is 2.39. The Kier molecular flexibility index (Phi) is 3.71. The third kappa shape index (κ3) is 2.61. The van der Waals surface area contributed by atoms with Gasteiger partial charge in [0.2, 0.25) is 5.95 Å². The lowest BCUT2D eigenvalue weighted by Gasteiger charge is -2.07. The Morgan fingerprint density at radius 3 is 2.83 bits per heavy atom. The minimum absolute atomic E-state index is 0.194. The number of fused-ring (bicyclic) bond motifs is 1. The molecule has 116 valence electrons. The average Bonchev–Trinajstić information content (AvgIpc) is 2.96. The number of para-hydroxylation sites is 2. The van der Waals surface area contributed by atoms with E-state index in [1.165, 1.54) is 16.8 Å². The van der Waals surface area contributed by atoms with Gasteiger partial charge in [-0.2, -0.15) is 0 Å². The molecular formula is C15H13N5O3. The number of carbonyl (C=O) groups is 1. The molecule has 0 saturated heterocycles. The van der Waals surface area contributed by atoms with E-state index >= 15 is 0 Å². The minimum Gasteiger partial charge on any atom is -0.324 e. The summed E-state index contributed by atoms with van der Waals surface area (Å²) in [5.74, 6) is -0.536. The molecule has 0 aliphatic rings. The van der Waals surface area contributed by atoms with Crippen molar-refractivity contribution in [3.8, 4) is 0 Å². The molecule has 0 spiro atoms. The van der Waals surface area contributed by atoms with Crippen molar-refractivity contribution in [3.63, 3.8) is 0 Å². The van der Waals surface area contributed by atoms with Crippen LogP contribution in [-0.4, -0.2) is 20.4 Å². The highest BCUT2D eigenvalue weighted by molar-refractivity contribution is 6.07. The van der Waals surface area contributed by atoms with Gasteiger partial charge < -0.3 is 9.55 Å². The number of benzene rings is 1. The zero-order valence-electron chi connectivity index (χ0n) is 12.2. The number of imidazole rings is 1. The van der Waals surface area contributed by atoms with Gasteiger partial charge in [0.15, 0.2) is 0 Å². The third-order valence-electron chi connectivity index (χ3n) is 3.43. The van der Waals surface area contributed by atoms with Crippen molar-refractivity contribution in [1.82, 2.24) is 14.5 Å². The lowest BCUT2D eigenvalue weighted by molar-refractivity contribution is 0.102. The number of carbonyl (C=O) groups excluding carboxylic acids is 1. The van der Waals surface area contributed by atoms with Gasteiger partial charge in [0.1, 0.15) is 11.3 Å². The lowest BCUT2D eigenvalue weighted by Crippen LogP contribution is -2.28. The van der Waals surface area contributed by atoms with Gasteiger partial charge >= 0.3 is 0 Å². The van der Waals surface area contributed by atoms with Gasteiger partial charge in [-0.1, -0.05) is 12.1 Å². The molecule has 0 aliphatic carbocycles. The van der Waals surface area contributed by atoms with E-state index in [4.69, 9.17) is 0 Å². The summed E-state index contributed by atoms with van der Waals surface area (Å²) in [6.45, 7) is 2.14. The molecule has 1 aromatic carbocycles. The van der Waals surface area contributed by atoms with E-state index in [1.807, 2.05) is 18.2 Å². The van der Waals surface area contributed by atoms with Crippen LogP contribution >= 0.6 is 0 Å². The van der Waals surface area contributed by atoms with Crippen LogP contribution in [0, 0.1) is 4.91 Å². The summed E-state index contributed by atoms with van der Waals surface area (Å²) in [5.41, 5.74) is 0.350. The van der Waals surface area contributed by atoms with E-state index in [9.17, 15) is 14.5 Å². The average molecular weight is 311 g/mol. The molecule has 3 rings (SSSR count). The molecular weight excluding hydrogens is 298 g/mol. The first-order valence-corrected chi connectivity index (χ1v) is 6.97. The quantitative estimate of drug-likeness (QED) is 0.721. The van der Waals surface area contributed by atoms with Gasteiger partial charge in [-0.05, 0) is 30.3 Å². The van der Waals surface area contributed by atoms with E-state index in [-0.39, 0.29) is 17.2 Å². The van der Waals surface area contributed by atoms with Gasteiger partial charge in [-0.3, -0.25) is 14.9 Å². The number of anilines is 1. The number of nitrogens with zero attached hydrogens (tertiary/aromatic N) is 3. The Hall–Kier alpha value is -3.29. The van der Waals surface area contributed by atoms with Crippen LogP contribution in [0.4, 0.5) is 11.6 Å². The molecule has 0 unspecified atom stereocenters. The number of H-pyrrole nitrogens is 1. The number of aryl methyl sites for hydroxylation is 1. The van der Waals surface area contributed by atoms with Gasteiger partial charge in [0, 0.05) is 12.7 Å². The van der Waals surface area contributed by atoms with Crippen LogP contribution in [0.2, 0.25) is 0 Å². The first-order chi connectivity index (χ1) is 11.1. The molecule has 0 aliphatic heterocycles. The van der Waals surface area contributed by atoms with Crippen molar-refractivity contribution in [2.24, 2.45) is 5.18 Å². The fourth-order valence-electron chi connectivity index (χ4n) is 2.29. The topological polar surface area (TPSA) is 109 Å². The Balaban J connectivity index is 2.00. The summed E-state index contributed by atoms with van der Waals surface area (Å²) < 4.78 is 1.32. The number of pyridine rings is 1. The fourth-order valence-corrected chi connectivity index (χ4v) is 2.29. The molecule has 23 heavy (non-hydrogen) atoms. The molecule has 2 N–H and O–H groups in total. The summed E-state index contributed by atoms with van der Waals surface area (Å²) in [5, 5.41) is 5.25. The van der Waals surface area contributed by atoms with E-state index < -0.39 is 11.5 Å². The highest BCUT2D eigenvalue weighted by Gasteiger charge is 2.19. The van der Waals surface area contributed by atoms with Crippen LogP contribution in [0.3, 0.4) is 0 Å². The predicted molar refractivity (Wildman–Crippen MR) is 85.9 cm³/mol. The summed E-state index contributed by atoms with van der Waals surface area (Å²) in [4.78, 5) is 42.6. The van der Waals surface area contributed by atoms with Crippen molar-refractivity contribution in [1.29, 1.82) is 0 Å². The van der Waals surface area contributed by atoms with Crippen LogP contribution in [0.15, 0.2) is 46.5 Å². The lowest BCUT2D eigenvalue weighted by atomic mass is 10.2. The normalized spacial score (nSPS) is 10.7. The molecule has 0 fully saturated rings. The SMILES string of the molecule is CCn1ccc(N=O)c(C(=O)Nc2nc3ccccc3[nH]2)c1=O. The maximum Gasteiger partial charge on any atom is 0.265 e. The van der Waals surface area contributed by atoms with Gasteiger partial charge in [0.05, 0.1) is 11.0 Å². The number of aromatic amines is 1. The smallest absolute Gasteiger partial charge is 0.265 e. The van der Waals surface area contributed by atoms with E-state index in [2.05, 4.69) is 20.5 Å². The maximum absolute atomic E-state index is 12.4. The zero-order valence-corrected chi connectivity index (χ0v) is 12.2. The summed E-state index contributed by atoms with van der Waals surface area (Å²) in [7, 11) is 0. The summed E-state index contributed by atoms with van der Waals surface area (Å²) in [6, 6.07) is 8.58. The molecule has 2 heterocycles. The Morgan fingerprint density at radius 1 is 1.35 bits per heavy atom. The van der Waals surface area contributed by atoms with Crippen LogP contribution in [-0.2, 0) is 6.54 Å². The van der Waals surface area contributed by atoms with Crippen molar-refractivity contribution in [2.45, 2.75) is 13.5 Å². The zero-order chi connectivity index (χ0) is 16.4. The second kappa shape index (κ2) is 5.84. The molecule has 0 atom stereocenters. The molecule has 0 bridgehead atoms. The van der Waals surface area contributed by atoms with Crippen molar-refractivity contribution in [3.05, 3.63) is 57.4 Å². The monoisotopic (exact) mass is 311 g/mol. The van der Waals surface area contributed by atoms with Crippen molar-refractivity contribution < 1.29 is 4.79 Å². The highest BCUT2D eigenvalue weighted by atomic mass is 16.3. The molecule has 0 saturated carbocycles. The van der Waals surface area contributed by atoms with Crippen molar-refractivity contribution >= 4 is 28.6 Å². The summed E-state index contributed by atoms with van der Waals surface area (Å²) >= 11 is 0. The second-order valence-electron chi connectivity index (χ2n) is 4.82. The highest BCUT2D eigenvalue weighted by Crippen LogP contribution is 2.18. The Morgan fingerprint density at radius 2 is 2.13 bits per heavy atom. The van der Waals surface area contributed by atoms with Crippen LogP contribution in [0.25, 0.3) is 11.0 Å². The molecule has 3 aromatic rings. The Bertz CT molecular complexity index is 924. The van der Waals surface area contributed by atoms with E-state index in [0.717, 1.165) is 5.52 Å². The van der Waals surface area contributed by atoms with Crippen LogP contribution in [0.5, 0.6) is 0 Å². The molecule has 2 aromatic heterocycles. The number of hydrogen-bond donors (Lipinski definition) is 2. The first kappa shape index (κ1) is 14.6. The van der Waals surface area contributed by atoms with Crippen molar-refractivity contribution in [2.75, 3.05) is 5.32 Å². The summed E-state index contributed by atoms with van der Waals surface area (Å²) in [6.07, 6.45) is 1.43. The minimum atomic E-state index is -0.730. The van der Waals surface area contributed by atoms with Gasteiger partial charge in [0.25, 0.3) is 11.5 Å². The largest absolute Gasteiger partial charge is 0.324 e. The number of nitroso groups, excluding NO2 is 1. The first-order valence-electron chi connectivity index (χ1n) is 6.97. The number of rotatable bonds is 4. The van der Waals surface area contributed by atoms with E-state index in [1.54, 1.807) is 13.0 Å². The van der Waals surface area contributed by atoms with Crippen LogP contribution < -0.4 is 10.9 Å². The third-order valence-corrected chi connectivity index (χ3v) is 3.43. The van der Waals surface area contributed by atoms with E-state index in [0.29, 0.717) is 12.1 Å². The molecule has 8 heteroatoms. The Labute approximate surface area is 130 Å². The number of nitrogens with one attached hydrogen (secondary N) is 2. The maximum atomic E-state index is 12.4. The standard InChI is InChI=1S/C15H13N5O3/c1-2-20-8-7-11(19-23)12(14(20)22)13(21)18-15-16-9-5-3-4-6-10(9)17-15/h3-8H,2H2,1H3,(H2,16,17,18,21).